The number of hydrogen-bond acceptors (Lipinski definition) is 4. The summed E-state index contributed by atoms with van der Waals surface area (Å²) in [5.74, 6) is 1.84. The maximum Gasteiger partial charge on any atom is 0.164 e. The van der Waals surface area contributed by atoms with Crippen LogP contribution in [0.4, 0.5) is 0 Å². The minimum atomic E-state index is 0.606. The summed E-state index contributed by atoms with van der Waals surface area (Å²) in [4.78, 5) is 15.1. The number of para-hydroxylation sites is 3. The highest BCUT2D eigenvalue weighted by Gasteiger charge is 2.18. The molecule has 7 aromatic carbocycles. The predicted octanol–water partition coefficient (Wildman–Crippen LogP) is 11.5. The highest BCUT2D eigenvalue weighted by molar-refractivity contribution is 6.12. The van der Waals surface area contributed by atoms with E-state index >= 15 is 0 Å². The molecule has 0 aliphatic carbocycles. The Hall–Kier alpha value is -6.85. The van der Waals surface area contributed by atoms with Gasteiger partial charge in [0, 0.05) is 43.9 Å². The lowest BCUT2D eigenvalue weighted by atomic mass is 10.0. The molecule has 0 saturated heterocycles. The number of fused-ring (bicyclic) bond motifs is 6. The monoisotopic (exact) mass is 640 g/mol. The van der Waals surface area contributed by atoms with E-state index in [0.717, 1.165) is 55.4 Å². The zero-order chi connectivity index (χ0) is 33.0. The number of benzene rings is 7. The quantitative estimate of drug-likeness (QED) is 0.188. The van der Waals surface area contributed by atoms with Crippen LogP contribution in [0.25, 0.3) is 94.7 Å². The normalized spacial score (nSPS) is 11.6. The average Bonchev–Trinajstić information content (AvgIpc) is 3.74. The van der Waals surface area contributed by atoms with E-state index < -0.39 is 0 Å². The van der Waals surface area contributed by atoms with Crippen LogP contribution in [0, 0.1) is 0 Å². The minimum Gasteiger partial charge on any atom is -0.456 e. The average molecular weight is 641 g/mol. The van der Waals surface area contributed by atoms with Crippen LogP contribution >= 0.6 is 0 Å². The topological polar surface area (TPSA) is 56.7 Å². The molecule has 3 aromatic heterocycles. The van der Waals surface area contributed by atoms with Gasteiger partial charge in [-0.05, 0) is 47.5 Å². The summed E-state index contributed by atoms with van der Waals surface area (Å²) in [6.45, 7) is 0. The van der Waals surface area contributed by atoms with Gasteiger partial charge in [0.15, 0.2) is 17.5 Å². The Morgan fingerprint density at radius 3 is 1.66 bits per heavy atom. The van der Waals surface area contributed by atoms with Crippen LogP contribution in [0.15, 0.2) is 174 Å². The summed E-state index contributed by atoms with van der Waals surface area (Å²) in [6.07, 6.45) is 0. The zero-order valence-electron chi connectivity index (χ0n) is 26.9. The van der Waals surface area contributed by atoms with E-state index in [4.69, 9.17) is 19.4 Å². The molecule has 0 N–H and O–H groups in total. The maximum absolute atomic E-state index is 6.20. The van der Waals surface area contributed by atoms with Crippen molar-refractivity contribution < 1.29 is 4.42 Å². The second-order valence-electron chi connectivity index (χ2n) is 12.4. The molecule has 0 spiro atoms. The van der Waals surface area contributed by atoms with Crippen molar-refractivity contribution in [2.75, 3.05) is 0 Å². The second kappa shape index (κ2) is 11.4. The molecule has 0 amide bonds. The third-order valence-corrected chi connectivity index (χ3v) is 9.47. The van der Waals surface area contributed by atoms with E-state index in [9.17, 15) is 0 Å². The van der Waals surface area contributed by atoms with Crippen molar-refractivity contribution in [2.45, 2.75) is 0 Å². The summed E-state index contributed by atoms with van der Waals surface area (Å²) >= 11 is 0. The lowest BCUT2D eigenvalue weighted by molar-refractivity contribution is 0.669. The Kier molecular flexibility index (Phi) is 6.42. The van der Waals surface area contributed by atoms with Crippen LogP contribution in [-0.2, 0) is 0 Å². The molecular weight excluding hydrogens is 613 g/mol. The van der Waals surface area contributed by atoms with Gasteiger partial charge >= 0.3 is 0 Å². The van der Waals surface area contributed by atoms with Crippen molar-refractivity contribution in [1.29, 1.82) is 0 Å². The summed E-state index contributed by atoms with van der Waals surface area (Å²) in [7, 11) is 0. The summed E-state index contributed by atoms with van der Waals surface area (Å²) < 4.78 is 8.55. The standard InChI is InChI=1S/C45H28N4O/c1-2-12-30(13-3-1)43-46-44(48-45(47-43)37-19-11-23-41-42(37)36-18-6-9-22-40(36)50-41)31-26-24-29(25-27-31)32-14-10-15-33(28-32)49-38-20-7-4-16-34(38)35-17-5-8-21-39(35)49/h1-28H. The number of furan rings is 1. The van der Waals surface area contributed by atoms with Crippen molar-refractivity contribution >= 4 is 43.7 Å². The second-order valence-corrected chi connectivity index (χ2v) is 12.4. The van der Waals surface area contributed by atoms with E-state index in [1.54, 1.807) is 0 Å². The van der Waals surface area contributed by atoms with E-state index in [2.05, 4.69) is 114 Å². The Morgan fingerprint density at radius 2 is 0.920 bits per heavy atom. The van der Waals surface area contributed by atoms with E-state index in [1.807, 2.05) is 60.7 Å². The predicted molar refractivity (Wildman–Crippen MR) is 203 cm³/mol. The Labute approximate surface area is 287 Å². The molecular formula is C45H28N4O. The molecule has 5 nitrogen and oxygen atoms in total. The first kappa shape index (κ1) is 28.2. The van der Waals surface area contributed by atoms with Crippen LogP contribution in [0.5, 0.6) is 0 Å². The van der Waals surface area contributed by atoms with Crippen molar-refractivity contribution in [3.8, 4) is 51.0 Å². The van der Waals surface area contributed by atoms with E-state index in [0.29, 0.717) is 17.5 Å². The molecule has 0 saturated carbocycles. The molecule has 3 heterocycles. The van der Waals surface area contributed by atoms with Gasteiger partial charge in [-0.15, -0.1) is 0 Å². The molecule has 0 atom stereocenters. The Bertz CT molecular complexity index is 2810. The molecule has 0 unspecified atom stereocenters. The van der Waals surface area contributed by atoms with Crippen molar-refractivity contribution in [1.82, 2.24) is 19.5 Å². The lowest BCUT2D eigenvalue weighted by Gasteiger charge is -2.11. The fourth-order valence-electron chi connectivity index (χ4n) is 7.14. The molecule has 0 fully saturated rings. The first-order chi connectivity index (χ1) is 24.8. The van der Waals surface area contributed by atoms with Crippen LogP contribution in [0.3, 0.4) is 0 Å². The lowest BCUT2D eigenvalue weighted by Crippen LogP contribution is -2.00. The fraction of sp³-hybridized carbons (Fsp3) is 0. The van der Waals surface area contributed by atoms with Gasteiger partial charge in [0.05, 0.1) is 11.0 Å². The molecule has 0 bridgehead atoms. The Morgan fingerprint density at radius 1 is 0.380 bits per heavy atom. The number of aromatic nitrogens is 4. The number of rotatable bonds is 5. The molecule has 10 aromatic rings. The molecule has 234 valence electrons. The van der Waals surface area contributed by atoms with Gasteiger partial charge in [-0.25, -0.2) is 15.0 Å². The van der Waals surface area contributed by atoms with Crippen LogP contribution < -0.4 is 0 Å². The van der Waals surface area contributed by atoms with Gasteiger partial charge in [0.2, 0.25) is 0 Å². The molecule has 5 heteroatoms. The van der Waals surface area contributed by atoms with Gasteiger partial charge in [-0.2, -0.15) is 0 Å². The van der Waals surface area contributed by atoms with Gasteiger partial charge in [0.25, 0.3) is 0 Å². The third-order valence-electron chi connectivity index (χ3n) is 9.47. The van der Waals surface area contributed by atoms with E-state index in [1.165, 1.54) is 21.8 Å². The van der Waals surface area contributed by atoms with Crippen LogP contribution in [0.1, 0.15) is 0 Å². The minimum absolute atomic E-state index is 0.606. The number of hydrogen-bond donors (Lipinski definition) is 0. The van der Waals surface area contributed by atoms with Gasteiger partial charge in [-0.3, -0.25) is 0 Å². The SMILES string of the molecule is c1ccc(-c2nc(-c3ccc(-c4cccc(-n5c6ccccc6c6ccccc65)c4)cc3)nc(-c3cccc4oc5ccccc5c34)n2)cc1. The molecule has 0 aliphatic heterocycles. The zero-order valence-corrected chi connectivity index (χ0v) is 26.9. The largest absolute Gasteiger partial charge is 0.456 e. The van der Waals surface area contributed by atoms with Crippen LogP contribution in [0.2, 0.25) is 0 Å². The smallest absolute Gasteiger partial charge is 0.164 e. The highest BCUT2D eigenvalue weighted by atomic mass is 16.3. The summed E-state index contributed by atoms with van der Waals surface area (Å²) in [5.41, 5.74) is 10.2. The third kappa shape index (κ3) is 4.60. The van der Waals surface area contributed by atoms with E-state index in [-0.39, 0.29) is 0 Å². The molecule has 0 aliphatic rings. The van der Waals surface area contributed by atoms with Gasteiger partial charge < -0.3 is 8.98 Å². The van der Waals surface area contributed by atoms with Crippen molar-refractivity contribution in [3.05, 3.63) is 170 Å². The molecule has 50 heavy (non-hydrogen) atoms. The molecule has 0 radical (unpaired) electrons. The fourth-order valence-corrected chi connectivity index (χ4v) is 7.14. The summed E-state index contributed by atoms with van der Waals surface area (Å²) in [5, 5.41) is 4.54. The van der Waals surface area contributed by atoms with Gasteiger partial charge in [0.1, 0.15) is 11.2 Å². The molecule has 10 rings (SSSR count). The van der Waals surface area contributed by atoms with Crippen molar-refractivity contribution in [3.63, 3.8) is 0 Å². The Balaban J connectivity index is 1.08. The van der Waals surface area contributed by atoms with Gasteiger partial charge in [-0.1, -0.05) is 133 Å². The maximum atomic E-state index is 6.20. The first-order valence-corrected chi connectivity index (χ1v) is 16.7. The summed E-state index contributed by atoms with van der Waals surface area (Å²) in [6, 6.07) is 58.7. The first-order valence-electron chi connectivity index (χ1n) is 16.7. The van der Waals surface area contributed by atoms with Crippen molar-refractivity contribution in [2.24, 2.45) is 0 Å². The highest BCUT2D eigenvalue weighted by Crippen LogP contribution is 2.37. The number of nitrogens with zero attached hydrogens (tertiary/aromatic N) is 4. The van der Waals surface area contributed by atoms with Crippen LogP contribution in [-0.4, -0.2) is 19.5 Å².